The lowest BCUT2D eigenvalue weighted by Gasteiger charge is -2.58. The first kappa shape index (κ1) is 19.8. The number of likely N-dealkylation sites (tertiary alicyclic amines) is 1. The number of terminal acetylenes is 1. The maximum atomic E-state index is 12.5. The summed E-state index contributed by atoms with van der Waals surface area (Å²) in [5, 5.41) is 0. The van der Waals surface area contributed by atoms with Crippen LogP contribution in [0.15, 0.2) is 24.3 Å². The first-order valence-electron chi connectivity index (χ1n) is 10.6. The lowest BCUT2D eigenvalue weighted by Crippen LogP contribution is -2.74. The topological polar surface area (TPSA) is 66.5 Å². The lowest BCUT2D eigenvalue weighted by molar-refractivity contribution is -0.557. The molecular weight excluding hydrogens is 386 g/mol. The van der Waals surface area contributed by atoms with Crippen LogP contribution in [-0.4, -0.2) is 47.7 Å². The van der Waals surface area contributed by atoms with Gasteiger partial charge in [0.15, 0.2) is 5.60 Å². The fourth-order valence-corrected chi connectivity index (χ4v) is 5.49. The molecule has 5 aliphatic rings. The van der Waals surface area contributed by atoms with Crippen LogP contribution in [0.25, 0.3) is 0 Å². The van der Waals surface area contributed by atoms with E-state index in [1.807, 2.05) is 26.0 Å². The normalized spacial score (nSPS) is 40.1. The number of esters is 1. The van der Waals surface area contributed by atoms with Crippen LogP contribution >= 0.6 is 0 Å². The quantitative estimate of drug-likeness (QED) is 0.427. The number of fused-ring (bicyclic) bond motifs is 2. The number of carbonyl (C=O) groups excluding carboxylic acids is 1. The molecule has 0 amide bonds. The highest BCUT2D eigenvalue weighted by molar-refractivity contribution is 5.74. The third-order valence-electron chi connectivity index (χ3n) is 7.06. The van der Waals surface area contributed by atoms with E-state index in [1.54, 1.807) is 0 Å². The first-order chi connectivity index (χ1) is 14.4. The average molecular weight is 413 g/mol. The van der Waals surface area contributed by atoms with Crippen molar-refractivity contribution in [2.75, 3.05) is 13.2 Å². The summed E-state index contributed by atoms with van der Waals surface area (Å²) < 4.78 is 17.4. The SMILES string of the molecule is C#CCOc1ccc(CN2CC[C@H]3[C@@H](C)C(=O)O[C@@H]4O[C@@]5(C)CC[C@@H]2[C@@]43OO5)cc1. The molecule has 6 rings (SSSR count). The molecule has 1 aromatic rings. The van der Waals surface area contributed by atoms with Crippen LogP contribution in [0, 0.1) is 24.2 Å². The molecule has 1 aromatic carbocycles. The molecule has 1 spiro atoms. The number of piperidine rings is 1. The van der Waals surface area contributed by atoms with Crippen LogP contribution in [0.3, 0.4) is 0 Å². The van der Waals surface area contributed by atoms with Crippen molar-refractivity contribution >= 4 is 5.97 Å². The number of hydrogen-bond acceptors (Lipinski definition) is 7. The predicted octanol–water partition coefficient (Wildman–Crippen LogP) is 2.64. The molecule has 30 heavy (non-hydrogen) atoms. The van der Waals surface area contributed by atoms with Crippen molar-refractivity contribution in [2.24, 2.45) is 11.8 Å². The van der Waals surface area contributed by atoms with E-state index >= 15 is 0 Å². The highest BCUT2D eigenvalue weighted by Crippen LogP contribution is 2.55. The van der Waals surface area contributed by atoms with Crippen molar-refractivity contribution in [1.82, 2.24) is 4.90 Å². The summed E-state index contributed by atoms with van der Waals surface area (Å²) in [5.74, 6) is 1.85. The Labute approximate surface area is 176 Å². The van der Waals surface area contributed by atoms with Gasteiger partial charge in [-0.05, 0) is 44.0 Å². The number of ether oxygens (including phenoxy) is 3. The Hall–Kier alpha value is -2.11. The number of carbonyl (C=O) groups is 1. The summed E-state index contributed by atoms with van der Waals surface area (Å²) in [4.78, 5) is 26.8. The zero-order chi connectivity index (χ0) is 20.9. The van der Waals surface area contributed by atoms with Crippen LogP contribution < -0.4 is 4.74 Å². The molecule has 7 nitrogen and oxygen atoms in total. The second kappa shape index (κ2) is 7.24. The zero-order valence-corrected chi connectivity index (χ0v) is 17.3. The van der Waals surface area contributed by atoms with Crippen LogP contribution in [0.5, 0.6) is 5.75 Å². The van der Waals surface area contributed by atoms with Crippen molar-refractivity contribution in [3.8, 4) is 18.1 Å². The summed E-state index contributed by atoms with van der Waals surface area (Å²) in [6.07, 6.45) is 6.84. The minimum absolute atomic E-state index is 0.00723. The maximum absolute atomic E-state index is 12.5. The molecule has 6 atom stereocenters. The van der Waals surface area contributed by atoms with Gasteiger partial charge in [0, 0.05) is 24.9 Å². The summed E-state index contributed by atoms with van der Waals surface area (Å²) in [7, 11) is 0. The van der Waals surface area contributed by atoms with Gasteiger partial charge in [-0.25, -0.2) is 9.78 Å². The Kier molecular flexibility index (Phi) is 4.79. The Bertz CT molecular complexity index is 865. The summed E-state index contributed by atoms with van der Waals surface area (Å²) in [6, 6.07) is 8.01. The van der Waals surface area contributed by atoms with Gasteiger partial charge < -0.3 is 14.2 Å². The minimum Gasteiger partial charge on any atom is -0.481 e. The highest BCUT2D eigenvalue weighted by Gasteiger charge is 2.70. The Balaban J connectivity index is 1.43. The smallest absolute Gasteiger partial charge is 0.311 e. The van der Waals surface area contributed by atoms with E-state index in [0.717, 1.165) is 31.7 Å². The number of nitrogens with zero attached hydrogens (tertiary/aromatic N) is 1. The number of hydrogen-bond donors (Lipinski definition) is 0. The summed E-state index contributed by atoms with van der Waals surface area (Å²) in [6.45, 7) is 5.64. The molecule has 0 radical (unpaired) electrons. The zero-order valence-electron chi connectivity index (χ0n) is 17.3. The van der Waals surface area contributed by atoms with E-state index in [-0.39, 0.29) is 30.5 Å². The number of rotatable bonds is 4. The largest absolute Gasteiger partial charge is 0.481 e. The molecular formula is C23H27NO6. The standard InChI is InChI=1S/C23H27NO6/c1-4-13-26-17-7-5-16(6-8-17)14-24-12-10-18-15(2)20(25)27-21-23(18)19(24)9-11-22(3,28-21)29-30-23/h1,5-8,15,18-19,21H,9-14H2,2-3H3/t15-,18+,19-,21-,22-,23-/m1/s1. The molecule has 0 aromatic heterocycles. The van der Waals surface area contributed by atoms with Crippen molar-refractivity contribution in [3.63, 3.8) is 0 Å². The monoisotopic (exact) mass is 413 g/mol. The van der Waals surface area contributed by atoms with E-state index in [1.165, 1.54) is 5.56 Å². The van der Waals surface area contributed by atoms with E-state index < -0.39 is 17.7 Å². The van der Waals surface area contributed by atoms with Crippen LogP contribution in [0.4, 0.5) is 0 Å². The predicted molar refractivity (Wildman–Crippen MR) is 106 cm³/mol. The molecule has 7 heteroatoms. The molecule has 5 aliphatic heterocycles. The summed E-state index contributed by atoms with van der Waals surface area (Å²) in [5.41, 5.74) is 0.361. The molecule has 0 unspecified atom stereocenters. The fraction of sp³-hybridized carbons (Fsp3) is 0.609. The number of benzene rings is 1. The van der Waals surface area contributed by atoms with E-state index in [2.05, 4.69) is 23.0 Å². The minimum atomic E-state index is -0.902. The Morgan fingerprint density at radius 2 is 2.07 bits per heavy atom. The molecule has 0 aliphatic carbocycles. The van der Waals surface area contributed by atoms with Gasteiger partial charge >= 0.3 is 5.97 Å². The molecule has 5 heterocycles. The lowest BCUT2D eigenvalue weighted by atomic mass is 9.67. The summed E-state index contributed by atoms with van der Waals surface area (Å²) >= 11 is 0. The molecule has 160 valence electrons. The van der Waals surface area contributed by atoms with Gasteiger partial charge in [0.05, 0.1) is 5.92 Å². The van der Waals surface area contributed by atoms with Gasteiger partial charge in [0.25, 0.3) is 0 Å². The van der Waals surface area contributed by atoms with E-state index in [4.69, 9.17) is 30.4 Å². The van der Waals surface area contributed by atoms with Gasteiger partial charge in [-0.15, -0.1) is 6.42 Å². The van der Waals surface area contributed by atoms with Gasteiger partial charge in [0.1, 0.15) is 12.4 Å². The van der Waals surface area contributed by atoms with Crippen molar-refractivity contribution in [1.29, 1.82) is 0 Å². The van der Waals surface area contributed by atoms with Crippen LogP contribution in [0.2, 0.25) is 0 Å². The highest BCUT2D eigenvalue weighted by atomic mass is 17.3. The molecule has 5 saturated heterocycles. The molecule has 2 bridgehead atoms. The molecule has 5 fully saturated rings. The van der Waals surface area contributed by atoms with Gasteiger partial charge in [-0.2, -0.15) is 0 Å². The maximum Gasteiger partial charge on any atom is 0.311 e. The average Bonchev–Trinajstić information content (AvgIpc) is 2.97. The molecule has 0 N–H and O–H groups in total. The second-order valence-corrected chi connectivity index (χ2v) is 8.89. The van der Waals surface area contributed by atoms with Gasteiger partial charge in [-0.1, -0.05) is 25.0 Å². The van der Waals surface area contributed by atoms with Crippen molar-refractivity contribution < 1.29 is 28.8 Å². The third-order valence-corrected chi connectivity index (χ3v) is 7.06. The van der Waals surface area contributed by atoms with Crippen LogP contribution in [-0.2, 0) is 30.6 Å². The van der Waals surface area contributed by atoms with E-state index in [0.29, 0.717) is 6.42 Å². The third kappa shape index (κ3) is 3.02. The van der Waals surface area contributed by atoms with E-state index in [9.17, 15) is 4.79 Å². The van der Waals surface area contributed by atoms with Crippen LogP contribution in [0.1, 0.15) is 38.7 Å². The van der Waals surface area contributed by atoms with Gasteiger partial charge in [0.2, 0.25) is 12.1 Å². The van der Waals surface area contributed by atoms with Crippen molar-refractivity contribution in [3.05, 3.63) is 29.8 Å². The van der Waals surface area contributed by atoms with Crippen molar-refractivity contribution in [2.45, 2.75) is 63.4 Å². The Morgan fingerprint density at radius 3 is 2.83 bits per heavy atom. The van der Waals surface area contributed by atoms with Gasteiger partial charge in [-0.3, -0.25) is 9.69 Å². The molecule has 0 saturated carbocycles. The first-order valence-corrected chi connectivity index (χ1v) is 10.6. The Morgan fingerprint density at radius 1 is 1.27 bits per heavy atom. The fourth-order valence-electron chi connectivity index (χ4n) is 5.49. The second-order valence-electron chi connectivity index (χ2n) is 8.89.